The molecule has 4 unspecified atom stereocenters. The maximum atomic E-state index is 6.77. The van der Waals surface area contributed by atoms with Gasteiger partial charge < -0.3 is 4.43 Å². The van der Waals surface area contributed by atoms with Crippen LogP contribution in [0.25, 0.3) is 0 Å². The van der Waals surface area contributed by atoms with Crippen molar-refractivity contribution >= 4 is 8.32 Å². The SMILES string of the molecule is CCCCC1CC(CCCC)C(O[Si](C)(C)C)C1CCCC. The monoisotopic (exact) mass is 326 g/mol. The third-order valence-corrected chi connectivity index (χ3v) is 6.31. The molecule has 0 aromatic rings. The summed E-state index contributed by atoms with van der Waals surface area (Å²) >= 11 is 0. The summed E-state index contributed by atoms with van der Waals surface area (Å²) in [6.07, 6.45) is 14.5. The molecule has 0 radical (unpaired) electrons. The number of unbranched alkanes of at least 4 members (excludes halogenated alkanes) is 3. The summed E-state index contributed by atoms with van der Waals surface area (Å²) in [5.41, 5.74) is 0. The Bertz CT molecular complexity index is 284. The van der Waals surface area contributed by atoms with Crippen LogP contribution in [0.5, 0.6) is 0 Å². The van der Waals surface area contributed by atoms with E-state index in [9.17, 15) is 0 Å². The zero-order valence-corrected chi connectivity index (χ0v) is 17.3. The zero-order valence-electron chi connectivity index (χ0n) is 16.3. The number of hydrogen-bond acceptors (Lipinski definition) is 1. The highest BCUT2D eigenvalue weighted by Crippen LogP contribution is 2.46. The standard InChI is InChI=1S/C20H42OSi/c1-7-10-13-17-16-18(14-11-8-2)20(21-22(4,5)6)19(17)15-12-9-3/h17-20H,7-16H2,1-6H3. The predicted molar refractivity (Wildman–Crippen MR) is 102 cm³/mol. The van der Waals surface area contributed by atoms with Gasteiger partial charge in [0, 0.05) is 0 Å². The lowest BCUT2D eigenvalue weighted by atomic mass is 9.86. The average molecular weight is 327 g/mol. The zero-order chi connectivity index (χ0) is 16.6. The molecule has 0 aliphatic heterocycles. The normalized spacial score (nSPS) is 29.2. The Labute approximate surface area is 141 Å². The molecular formula is C20H42OSi. The van der Waals surface area contributed by atoms with Gasteiger partial charge in [-0.25, -0.2) is 0 Å². The minimum atomic E-state index is -1.45. The first kappa shape index (κ1) is 20.2. The molecular weight excluding hydrogens is 284 g/mol. The van der Waals surface area contributed by atoms with Crippen molar-refractivity contribution in [2.75, 3.05) is 0 Å². The summed E-state index contributed by atoms with van der Waals surface area (Å²) < 4.78 is 6.77. The summed E-state index contributed by atoms with van der Waals surface area (Å²) in [6.45, 7) is 14.1. The second-order valence-corrected chi connectivity index (χ2v) is 13.0. The molecule has 0 N–H and O–H groups in total. The van der Waals surface area contributed by atoms with Crippen LogP contribution in [0.4, 0.5) is 0 Å². The molecule has 1 aliphatic rings. The lowest BCUT2D eigenvalue weighted by molar-refractivity contribution is 0.0893. The van der Waals surface area contributed by atoms with Crippen LogP contribution in [0.1, 0.15) is 85.0 Å². The molecule has 1 rings (SSSR count). The van der Waals surface area contributed by atoms with Crippen LogP contribution in [-0.4, -0.2) is 14.4 Å². The van der Waals surface area contributed by atoms with Gasteiger partial charge in [-0.05, 0) is 56.7 Å². The van der Waals surface area contributed by atoms with Crippen molar-refractivity contribution in [2.45, 2.75) is 111 Å². The third-order valence-electron chi connectivity index (χ3n) is 5.34. The minimum absolute atomic E-state index is 0.576. The van der Waals surface area contributed by atoms with Gasteiger partial charge in [-0.1, -0.05) is 65.7 Å². The maximum absolute atomic E-state index is 6.77. The van der Waals surface area contributed by atoms with Gasteiger partial charge >= 0.3 is 0 Å². The van der Waals surface area contributed by atoms with E-state index in [1.165, 1.54) is 64.2 Å². The molecule has 0 amide bonds. The summed E-state index contributed by atoms with van der Waals surface area (Å²) in [7, 11) is -1.45. The first-order valence-corrected chi connectivity index (χ1v) is 13.5. The quantitative estimate of drug-likeness (QED) is 0.370. The van der Waals surface area contributed by atoms with Crippen molar-refractivity contribution in [1.82, 2.24) is 0 Å². The number of rotatable bonds is 11. The molecule has 0 bridgehead atoms. The topological polar surface area (TPSA) is 9.23 Å². The van der Waals surface area contributed by atoms with Crippen molar-refractivity contribution < 1.29 is 4.43 Å². The molecule has 1 aliphatic carbocycles. The second kappa shape index (κ2) is 10.1. The molecule has 22 heavy (non-hydrogen) atoms. The van der Waals surface area contributed by atoms with Crippen LogP contribution < -0.4 is 0 Å². The predicted octanol–water partition coefficient (Wildman–Crippen LogP) is 7.03. The second-order valence-electron chi connectivity index (χ2n) is 8.54. The molecule has 0 saturated heterocycles. The largest absolute Gasteiger partial charge is 0.414 e. The Hall–Kier alpha value is 0.177. The van der Waals surface area contributed by atoms with Crippen molar-refractivity contribution in [3.8, 4) is 0 Å². The highest BCUT2D eigenvalue weighted by Gasteiger charge is 2.43. The van der Waals surface area contributed by atoms with E-state index in [2.05, 4.69) is 40.4 Å². The van der Waals surface area contributed by atoms with Crippen molar-refractivity contribution in [3.63, 3.8) is 0 Å². The Balaban J connectivity index is 2.81. The molecule has 1 saturated carbocycles. The molecule has 0 heterocycles. The molecule has 0 spiro atoms. The Morgan fingerprint density at radius 2 is 1.27 bits per heavy atom. The van der Waals surface area contributed by atoms with Gasteiger partial charge in [0.25, 0.3) is 0 Å². The molecule has 0 aromatic heterocycles. The average Bonchev–Trinajstić information content (AvgIpc) is 2.76. The van der Waals surface area contributed by atoms with E-state index in [4.69, 9.17) is 4.43 Å². The highest BCUT2D eigenvalue weighted by atomic mass is 28.4. The summed E-state index contributed by atoms with van der Waals surface area (Å²) in [4.78, 5) is 0. The lowest BCUT2D eigenvalue weighted by Crippen LogP contribution is -2.38. The van der Waals surface area contributed by atoms with Crippen molar-refractivity contribution in [1.29, 1.82) is 0 Å². The van der Waals surface area contributed by atoms with E-state index in [-0.39, 0.29) is 0 Å². The lowest BCUT2D eigenvalue weighted by Gasteiger charge is -2.33. The van der Waals surface area contributed by atoms with Crippen LogP contribution in [-0.2, 0) is 4.43 Å². The molecule has 1 fully saturated rings. The molecule has 1 nitrogen and oxygen atoms in total. The first-order valence-electron chi connectivity index (χ1n) is 10.1. The summed E-state index contributed by atoms with van der Waals surface area (Å²) in [5.74, 6) is 2.63. The molecule has 0 aromatic carbocycles. The van der Waals surface area contributed by atoms with Gasteiger partial charge in [-0.3, -0.25) is 0 Å². The van der Waals surface area contributed by atoms with Crippen LogP contribution in [0.3, 0.4) is 0 Å². The van der Waals surface area contributed by atoms with Gasteiger partial charge in [-0.2, -0.15) is 0 Å². The summed E-state index contributed by atoms with van der Waals surface area (Å²) in [5, 5.41) is 0. The third kappa shape index (κ3) is 6.74. The van der Waals surface area contributed by atoms with Crippen molar-refractivity contribution in [3.05, 3.63) is 0 Å². The highest BCUT2D eigenvalue weighted by molar-refractivity contribution is 6.69. The van der Waals surface area contributed by atoms with E-state index >= 15 is 0 Å². The van der Waals surface area contributed by atoms with E-state index < -0.39 is 8.32 Å². The van der Waals surface area contributed by atoms with E-state index in [1.54, 1.807) is 0 Å². The fraction of sp³-hybridized carbons (Fsp3) is 1.00. The van der Waals surface area contributed by atoms with Gasteiger partial charge in [0.15, 0.2) is 8.32 Å². The Morgan fingerprint density at radius 3 is 1.77 bits per heavy atom. The first-order chi connectivity index (χ1) is 10.4. The molecule has 4 atom stereocenters. The molecule has 132 valence electrons. The Morgan fingerprint density at radius 1 is 0.773 bits per heavy atom. The maximum Gasteiger partial charge on any atom is 0.184 e. The van der Waals surface area contributed by atoms with Crippen LogP contribution in [0, 0.1) is 17.8 Å². The fourth-order valence-electron chi connectivity index (χ4n) is 4.29. The van der Waals surface area contributed by atoms with Crippen LogP contribution >= 0.6 is 0 Å². The smallest absolute Gasteiger partial charge is 0.184 e. The summed E-state index contributed by atoms with van der Waals surface area (Å²) in [6, 6.07) is 0. The van der Waals surface area contributed by atoms with Gasteiger partial charge in [0.05, 0.1) is 6.10 Å². The number of hydrogen-bond donors (Lipinski definition) is 0. The van der Waals surface area contributed by atoms with Gasteiger partial charge in [0.2, 0.25) is 0 Å². The van der Waals surface area contributed by atoms with E-state index in [0.29, 0.717) is 6.10 Å². The van der Waals surface area contributed by atoms with Gasteiger partial charge in [0.1, 0.15) is 0 Å². The van der Waals surface area contributed by atoms with Gasteiger partial charge in [-0.15, -0.1) is 0 Å². The van der Waals surface area contributed by atoms with Crippen LogP contribution in [0.15, 0.2) is 0 Å². The van der Waals surface area contributed by atoms with Crippen LogP contribution in [0.2, 0.25) is 19.6 Å². The molecule has 2 heteroatoms. The van der Waals surface area contributed by atoms with E-state index in [0.717, 1.165) is 17.8 Å². The fourth-order valence-corrected chi connectivity index (χ4v) is 5.48. The minimum Gasteiger partial charge on any atom is -0.414 e. The van der Waals surface area contributed by atoms with Crippen molar-refractivity contribution in [2.24, 2.45) is 17.8 Å². The Kier molecular flexibility index (Phi) is 9.31. The van der Waals surface area contributed by atoms with E-state index in [1.807, 2.05) is 0 Å².